The Morgan fingerprint density at radius 3 is 2.41 bits per heavy atom. The molecule has 5 nitrogen and oxygen atoms in total. The summed E-state index contributed by atoms with van der Waals surface area (Å²) in [6.07, 6.45) is 2.08. The summed E-state index contributed by atoms with van der Waals surface area (Å²) in [6, 6.07) is 19.1. The maximum Gasteiger partial charge on any atom is 0.257 e. The number of benzene rings is 2. The maximum atomic E-state index is 12.9. The minimum atomic E-state index is -0.207. The van der Waals surface area contributed by atoms with Gasteiger partial charge in [0.15, 0.2) is 0 Å². The van der Waals surface area contributed by atoms with Gasteiger partial charge < -0.3 is 14.8 Å². The first kappa shape index (κ1) is 23.5. The van der Waals surface area contributed by atoms with E-state index in [9.17, 15) is 4.79 Å². The highest BCUT2D eigenvalue weighted by Gasteiger charge is 2.15. The third-order valence-electron chi connectivity index (χ3n) is 5.01. The van der Waals surface area contributed by atoms with Crippen LogP contribution in [0.4, 0.5) is 5.69 Å². The molecule has 0 bridgehead atoms. The molecule has 1 N–H and O–H groups in total. The van der Waals surface area contributed by atoms with E-state index in [1.807, 2.05) is 70.2 Å². The molecule has 1 aromatic heterocycles. The van der Waals surface area contributed by atoms with Crippen molar-refractivity contribution >= 4 is 11.6 Å². The summed E-state index contributed by atoms with van der Waals surface area (Å²) < 4.78 is 11.8. The molecule has 0 saturated carbocycles. The summed E-state index contributed by atoms with van der Waals surface area (Å²) in [5, 5.41) is 2.95. The zero-order valence-electron chi connectivity index (χ0n) is 19.5. The van der Waals surface area contributed by atoms with E-state index in [-0.39, 0.29) is 18.1 Å². The number of aryl methyl sites for hydroxylation is 2. The number of aromatic nitrogens is 1. The Hall–Kier alpha value is -3.18. The lowest BCUT2D eigenvalue weighted by Gasteiger charge is -2.17. The van der Waals surface area contributed by atoms with Crippen LogP contribution in [0.3, 0.4) is 0 Å². The zero-order chi connectivity index (χ0) is 23.1. The number of anilines is 1. The molecule has 0 aliphatic rings. The molecule has 3 rings (SSSR count). The largest absolute Gasteiger partial charge is 0.457 e. The van der Waals surface area contributed by atoms with Crippen molar-refractivity contribution in [2.45, 2.75) is 59.7 Å². The average molecular weight is 433 g/mol. The van der Waals surface area contributed by atoms with E-state index in [0.29, 0.717) is 22.7 Å². The molecule has 0 fully saturated rings. The number of carbonyl (C=O) groups is 1. The van der Waals surface area contributed by atoms with Gasteiger partial charge in [0.1, 0.15) is 11.5 Å². The third-order valence-corrected chi connectivity index (χ3v) is 5.01. The van der Waals surface area contributed by atoms with Crippen molar-refractivity contribution in [2.75, 3.05) is 5.32 Å². The van der Waals surface area contributed by atoms with E-state index < -0.39 is 0 Å². The molecule has 0 radical (unpaired) electrons. The van der Waals surface area contributed by atoms with Gasteiger partial charge in [-0.05, 0) is 76.1 Å². The van der Waals surface area contributed by atoms with Gasteiger partial charge in [0, 0.05) is 11.8 Å². The molecule has 0 aliphatic heterocycles. The predicted octanol–water partition coefficient (Wildman–Crippen LogP) is 6.87. The number of amides is 1. The first-order valence-electron chi connectivity index (χ1n) is 11.2. The van der Waals surface area contributed by atoms with Crippen molar-refractivity contribution < 1.29 is 14.3 Å². The van der Waals surface area contributed by atoms with Crippen molar-refractivity contribution in [3.8, 4) is 11.5 Å². The Morgan fingerprint density at radius 2 is 1.72 bits per heavy atom. The van der Waals surface area contributed by atoms with Gasteiger partial charge in [-0.25, -0.2) is 0 Å². The van der Waals surface area contributed by atoms with Gasteiger partial charge in [-0.2, -0.15) is 0 Å². The van der Waals surface area contributed by atoms with Crippen LogP contribution in [0.15, 0.2) is 60.7 Å². The lowest BCUT2D eigenvalue weighted by atomic mass is 10.1. The summed E-state index contributed by atoms with van der Waals surface area (Å²) in [7, 11) is 0. The molecule has 1 heterocycles. The first-order chi connectivity index (χ1) is 15.4. The lowest BCUT2D eigenvalue weighted by Crippen LogP contribution is -2.16. The van der Waals surface area contributed by atoms with Crippen molar-refractivity contribution in [2.24, 2.45) is 0 Å². The molecular weight excluding hydrogens is 400 g/mol. The highest BCUT2D eigenvalue weighted by molar-refractivity contribution is 6.05. The molecule has 2 aromatic carbocycles. The zero-order valence-corrected chi connectivity index (χ0v) is 19.5. The van der Waals surface area contributed by atoms with Gasteiger partial charge in [-0.15, -0.1) is 0 Å². The van der Waals surface area contributed by atoms with E-state index in [1.54, 1.807) is 6.07 Å². The van der Waals surface area contributed by atoms with Crippen LogP contribution in [-0.4, -0.2) is 17.0 Å². The highest BCUT2D eigenvalue weighted by atomic mass is 16.5. The van der Waals surface area contributed by atoms with Gasteiger partial charge in [-0.1, -0.05) is 31.5 Å². The predicted molar refractivity (Wildman–Crippen MR) is 129 cm³/mol. The second kappa shape index (κ2) is 10.9. The summed E-state index contributed by atoms with van der Waals surface area (Å²) in [5.74, 6) is 1.25. The van der Waals surface area contributed by atoms with Crippen LogP contribution in [0, 0.1) is 6.92 Å². The van der Waals surface area contributed by atoms with Crippen LogP contribution in [0.25, 0.3) is 0 Å². The Bertz CT molecular complexity index is 1060. The van der Waals surface area contributed by atoms with Gasteiger partial charge >= 0.3 is 0 Å². The topological polar surface area (TPSA) is 60.5 Å². The van der Waals surface area contributed by atoms with Crippen LogP contribution in [-0.2, 0) is 11.2 Å². The summed E-state index contributed by atoms with van der Waals surface area (Å²) in [6.45, 7) is 9.94. The molecule has 32 heavy (non-hydrogen) atoms. The van der Waals surface area contributed by atoms with Crippen LogP contribution in [0.5, 0.6) is 11.5 Å². The summed E-state index contributed by atoms with van der Waals surface area (Å²) in [5.41, 5.74) is 3.92. The van der Waals surface area contributed by atoms with E-state index in [0.717, 1.165) is 24.3 Å². The van der Waals surface area contributed by atoms with Gasteiger partial charge in [0.25, 0.3) is 5.91 Å². The van der Waals surface area contributed by atoms with Crippen molar-refractivity contribution in [1.29, 1.82) is 0 Å². The van der Waals surface area contributed by atoms with E-state index in [2.05, 4.69) is 29.4 Å². The quantitative estimate of drug-likeness (QED) is 0.401. The minimum absolute atomic E-state index is 0.110. The Kier molecular flexibility index (Phi) is 8.01. The van der Waals surface area contributed by atoms with Crippen LogP contribution in [0.1, 0.15) is 67.5 Å². The normalized spacial score (nSPS) is 11.9. The minimum Gasteiger partial charge on any atom is -0.457 e. The molecular formula is C27H32N2O3. The Balaban J connectivity index is 1.70. The van der Waals surface area contributed by atoms with Crippen molar-refractivity contribution in [3.63, 3.8) is 0 Å². The number of hydrogen-bond acceptors (Lipinski definition) is 4. The molecule has 5 heteroatoms. The molecule has 1 amide bonds. The first-order valence-corrected chi connectivity index (χ1v) is 11.2. The lowest BCUT2D eigenvalue weighted by molar-refractivity contribution is 0.0154. The number of carbonyl (C=O) groups excluding carboxylic acids is 1. The smallest absolute Gasteiger partial charge is 0.257 e. The molecule has 1 unspecified atom stereocenters. The SMILES string of the molecule is CCCc1cccc(Oc2cccc(NC(=O)c3ccc(C(C)OC(C)C)nc3C)c2)c1. The second-order valence-corrected chi connectivity index (χ2v) is 8.18. The van der Waals surface area contributed by atoms with Crippen LogP contribution in [0.2, 0.25) is 0 Å². The molecule has 3 aromatic rings. The number of nitrogens with zero attached hydrogens (tertiary/aromatic N) is 1. The van der Waals surface area contributed by atoms with Gasteiger partial charge in [-0.3, -0.25) is 9.78 Å². The summed E-state index contributed by atoms with van der Waals surface area (Å²) >= 11 is 0. The molecule has 1 atom stereocenters. The molecule has 0 spiro atoms. The van der Waals surface area contributed by atoms with E-state index in [1.165, 1.54) is 5.56 Å². The number of pyridine rings is 1. The van der Waals surface area contributed by atoms with Crippen LogP contribution >= 0.6 is 0 Å². The van der Waals surface area contributed by atoms with E-state index >= 15 is 0 Å². The average Bonchev–Trinajstić information content (AvgIpc) is 2.74. The standard InChI is InChI=1S/C27H32N2O3/c1-6-9-21-10-7-12-23(16-21)32-24-13-8-11-22(17-24)29-27(30)25-14-15-26(28-19(25)4)20(5)31-18(2)3/h7-8,10-18,20H,6,9H2,1-5H3,(H,29,30). The number of nitrogens with one attached hydrogen (secondary N) is 1. The molecule has 0 aliphatic carbocycles. The monoisotopic (exact) mass is 432 g/mol. The Morgan fingerprint density at radius 1 is 1.00 bits per heavy atom. The van der Waals surface area contributed by atoms with Crippen molar-refractivity contribution in [3.05, 3.63) is 83.2 Å². The molecule has 0 saturated heterocycles. The van der Waals surface area contributed by atoms with Gasteiger partial charge in [0.2, 0.25) is 0 Å². The van der Waals surface area contributed by atoms with Crippen molar-refractivity contribution in [1.82, 2.24) is 4.98 Å². The molecule has 168 valence electrons. The second-order valence-electron chi connectivity index (χ2n) is 8.18. The Labute approximate surface area is 190 Å². The number of rotatable bonds is 9. The fraction of sp³-hybridized carbons (Fsp3) is 0.333. The highest BCUT2D eigenvalue weighted by Crippen LogP contribution is 2.26. The number of hydrogen-bond donors (Lipinski definition) is 1. The fourth-order valence-corrected chi connectivity index (χ4v) is 3.55. The fourth-order valence-electron chi connectivity index (χ4n) is 3.55. The number of ether oxygens (including phenoxy) is 2. The van der Waals surface area contributed by atoms with Gasteiger partial charge in [0.05, 0.1) is 29.2 Å². The third kappa shape index (κ3) is 6.41. The maximum absolute atomic E-state index is 12.9. The summed E-state index contributed by atoms with van der Waals surface area (Å²) in [4.78, 5) is 17.4. The van der Waals surface area contributed by atoms with Crippen LogP contribution < -0.4 is 10.1 Å². The van der Waals surface area contributed by atoms with E-state index in [4.69, 9.17) is 9.47 Å².